The molecule has 0 aliphatic carbocycles. The molecule has 25 heavy (non-hydrogen) atoms. The van der Waals surface area contributed by atoms with Crippen LogP contribution in [0.15, 0.2) is 23.2 Å². The molecule has 1 aliphatic heterocycles. The number of hydrogen-bond acceptors (Lipinski definition) is 7. The van der Waals surface area contributed by atoms with Gasteiger partial charge in [-0.25, -0.2) is 4.98 Å². The van der Waals surface area contributed by atoms with Gasteiger partial charge in [-0.05, 0) is 19.3 Å². The molecule has 1 atom stereocenters. The highest BCUT2D eigenvalue weighted by atomic mass is 16.5. The average molecular weight is 349 g/mol. The Kier molecular flexibility index (Phi) is 6.13. The molecule has 1 aliphatic rings. The molecule has 1 fully saturated rings. The molecule has 0 bridgehead atoms. The molecule has 1 unspecified atom stereocenters. The van der Waals surface area contributed by atoms with Crippen molar-refractivity contribution in [1.29, 1.82) is 0 Å². The molecule has 2 aromatic rings. The molecule has 0 N–H and O–H groups in total. The third-order valence-corrected chi connectivity index (χ3v) is 4.14. The summed E-state index contributed by atoms with van der Waals surface area (Å²) in [4.78, 5) is 22.9. The molecule has 2 aromatic heterocycles. The van der Waals surface area contributed by atoms with Gasteiger partial charge in [-0.15, -0.1) is 0 Å². The van der Waals surface area contributed by atoms with Gasteiger partial charge in [0.1, 0.15) is 13.2 Å². The summed E-state index contributed by atoms with van der Waals surface area (Å²) in [7, 11) is 1.62. The number of amides is 1. The Hall–Kier alpha value is -2.26. The van der Waals surface area contributed by atoms with Crippen LogP contribution in [0, 0.1) is 0 Å². The highest BCUT2D eigenvalue weighted by molar-refractivity contribution is 5.76. The Morgan fingerprint density at radius 1 is 1.40 bits per heavy atom. The van der Waals surface area contributed by atoms with E-state index in [2.05, 4.69) is 15.1 Å². The lowest BCUT2D eigenvalue weighted by Gasteiger charge is -2.33. The van der Waals surface area contributed by atoms with Crippen LogP contribution in [-0.4, -0.2) is 57.4 Å². The van der Waals surface area contributed by atoms with E-state index in [0.29, 0.717) is 31.5 Å². The summed E-state index contributed by atoms with van der Waals surface area (Å²) >= 11 is 0. The summed E-state index contributed by atoms with van der Waals surface area (Å²) in [6, 6.07) is -0.152. The van der Waals surface area contributed by atoms with Gasteiger partial charge in [-0.2, -0.15) is 4.98 Å². The second kappa shape index (κ2) is 8.72. The minimum atomic E-state index is -0.152. The Labute approximate surface area is 145 Å². The van der Waals surface area contributed by atoms with E-state index in [9.17, 15) is 4.79 Å². The van der Waals surface area contributed by atoms with E-state index >= 15 is 0 Å². The van der Waals surface area contributed by atoms with Crippen LogP contribution in [0.25, 0.3) is 0 Å². The Morgan fingerprint density at radius 3 is 3.12 bits per heavy atom. The predicted octanol–water partition coefficient (Wildman–Crippen LogP) is 1.18. The van der Waals surface area contributed by atoms with Crippen molar-refractivity contribution in [3.63, 3.8) is 0 Å². The van der Waals surface area contributed by atoms with Crippen LogP contribution >= 0.6 is 0 Å². The molecule has 3 rings (SSSR count). The number of piperidine rings is 1. The van der Waals surface area contributed by atoms with Crippen molar-refractivity contribution < 1.29 is 18.8 Å². The Morgan fingerprint density at radius 2 is 2.32 bits per heavy atom. The molecular weight excluding hydrogens is 326 g/mol. The lowest BCUT2D eigenvalue weighted by atomic mass is 10.0. The normalized spacial score (nSPS) is 17.8. The summed E-state index contributed by atoms with van der Waals surface area (Å²) < 4.78 is 17.3. The van der Waals surface area contributed by atoms with Crippen molar-refractivity contribution in [3.05, 3.63) is 30.4 Å². The highest BCUT2D eigenvalue weighted by Crippen LogP contribution is 2.29. The van der Waals surface area contributed by atoms with Gasteiger partial charge < -0.3 is 23.5 Å². The van der Waals surface area contributed by atoms with E-state index in [4.69, 9.17) is 14.0 Å². The standard InChI is InChI=1S/C16H23N5O4/c1-23-8-9-24-11-14-18-16(19-25-14)13-4-2-3-6-21(13)15(22)10-20-7-5-17-12-20/h5,7,12-13H,2-4,6,8-11H2,1H3. The van der Waals surface area contributed by atoms with Crippen molar-refractivity contribution >= 4 is 5.91 Å². The van der Waals surface area contributed by atoms with Crippen LogP contribution in [0.5, 0.6) is 0 Å². The van der Waals surface area contributed by atoms with E-state index in [1.165, 1.54) is 0 Å². The summed E-state index contributed by atoms with van der Waals surface area (Å²) in [5, 5.41) is 4.06. The molecule has 0 spiro atoms. The minimum absolute atomic E-state index is 0.0328. The molecule has 1 saturated heterocycles. The predicted molar refractivity (Wildman–Crippen MR) is 86.4 cm³/mol. The van der Waals surface area contributed by atoms with Crippen molar-refractivity contribution in [3.8, 4) is 0 Å². The molecular formula is C16H23N5O4. The average Bonchev–Trinajstić information content (AvgIpc) is 3.30. The Balaban J connectivity index is 1.62. The first-order chi connectivity index (χ1) is 12.3. The van der Waals surface area contributed by atoms with Crippen LogP contribution in [0.4, 0.5) is 0 Å². The van der Waals surface area contributed by atoms with E-state index < -0.39 is 0 Å². The zero-order valence-corrected chi connectivity index (χ0v) is 14.3. The fraction of sp³-hybridized carbons (Fsp3) is 0.625. The van der Waals surface area contributed by atoms with E-state index in [-0.39, 0.29) is 25.1 Å². The second-order valence-electron chi connectivity index (χ2n) is 5.93. The molecule has 9 heteroatoms. The maximum absolute atomic E-state index is 12.7. The summed E-state index contributed by atoms with van der Waals surface area (Å²) in [5.41, 5.74) is 0. The fourth-order valence-electron chi connectivity index (χ4n) is 2.89. The number of imidazole rings is 1. The number of hydrogen-bond donors (Lipinski definition) is 0. The zero-order valence-electron chi connectivity index (χ0n) is 14.3. The van der Waals surface area contributed by atoms with Crippen molar-refractivity contribution in [2.45, 2.75) is 38.5 Å². The summed E-state index contributed by atoms with van der Waals surface area (Å²) in [6.07, 6.45) is 7.93. The monoisotopic (exact) mass is 349 g/mol. The van der Waals surface area contributed by atoms with Crippen molar-refractivity contribution in [2.24, 2.45) is 0 Å². The fourth-order valence-corrected chi connectivity index (χ4v) is 2.89. The van der Waals surface area contributed by atoms with Gasteiger partial charge in [0.2, 0.25) is 5.91 Å². The van der Waals surface area contributed by atoms with Gasteiger partial charge in [0.05, 0.1) is 25.6 Å². The Bertz CT molecular complexity index is 657. The van der Waals surface area contributed by atoms with Crippen LogP contribution < -0.4 is 0 Å². The van der Waals surface area contributed by atoms with E-state index in [0.717, 1.165) is 19.3 Å². The van der Waals surface area contributed by atoms with Gasteiger partial charge in [0, 0.05) is 26.0 Å². The lowest BCUT2D eigenvalue weighted by molar-refractivity contribution is -0.136. The number of methoxy groups -OCH3 is 1. The van der Waals surface area contributed by atoms with Crippen LogP contribution in [-0.2, 0) is 27.4 Å². The van der Waals surface area contributed by atoms with Crippen molar-refractivity contribution in [1.82, 2.24) is 24.6 Å². The van der Waals surface area contributed by atoms with Gasteiger partial charge in [0.15, 0.2) is 5.82 Å². The molecule has 3 heterocycles. The van der Waals surface area contributed by atoms with Crippen LogP contribution in [0.2, 0.25) is 0 Å². The smallest absolute Gasteiger partial charge is 0.252 e. The second-order valence-corrected chi connectivity index (χ2v) is 5.93. The zero-order chi connectivity index (χ0) is 17.5. The van der Waals surface area contributed by atoms with Crippen LogP contribution in [0.3, 0.4) is 0 Å². The molecule has 9 nitrogen and oxygen atoms in total. The lowest BCUT2D eigenvalue weighted by Crippen LogP contribution is -2.40. The highest BCUT2D eigenvalue weighted by Gasteiger charge is 2.31. The third-order valence-electron chi connectivity index (χ3n) is 4.14. The van der Waals surface area contributed by atoms with Gasteiger partial charge in [0.25, 0.3) is 5.89 Å². The number of aromatic nitrogens is 4. The topological polar surface area (TPSA) is 95.5 Å². The third kappa shape index (κ3) is 4.64. The van der Waals surface area contributed by atoms with Crippen LogP contribution in [0.1, 0.15) is 37.0 Å². The maximum atomic E-state index is 12.7. The largest absolute Gasteiger partial charge is 0.382 e. The first-order valence-electron chi connectivity index (χ1n) is 8.42. The summed E-state index contributed by atoms with van der Waals surface area (Å²) in [6.45, 7) is 2.19. The number of carbonyl (C=O) groups excluding carboxylic acids is 1. The first kappa shape index (κ1) is 17.6. The number of carbonyl (C=O) groups is 1. The van der Waals surface area contributed by atoms with E-state index in [1.807, 2.05) is 4.90 Å². The first-order valence-corrected chi connectivity index (χ1v) is 8.42. The van der Waals surface area contributed by atoms with Gasteiger partial charge in [-0.1, -0.05) is 5.16 Å². The quantitative estimate of drug-likeness (QED) is 0.660. The molecule has 0 saturated carbocycles. The number of rotatable bonds is 8. The summed E-state index contributed by atoms with van der Waals surface area (Å²) in [5.74, 6) is 0.994. The molecule has 136 valence electrons. The number of ether oxygens (including phenoxy) is 2. The number of likely N-dealkylation sites (tertiary alicyclic amines) is 1. The number of nitrogens with zero attached hydrogens (tertiary/aromatic N) is 5. The molecule has 1 amide bonds. The van der Waals surface area contributed by atoms with Gasteiger partial charge in [-0.3, -0.25) is 4.79 Å². The minimum Gasteiger partial charge on any atom is -0.382 e. The van der Waals surface area contributed by atoms with Crippen molar-refractivity contribution in [2.75, 3.05) is 26.9 Å². The van der Waals surface area contributed by atoms with E-state index in [1.54, 1.807) is 30.4 Å². The molecule has 0 aromatic carbocycles. The SMILES string of the molecule is COCCOCc1nc(C2CCCCN2C(=O)Cn2ccnc2)no1. The molecule has 0 radical (unpaired) electrons. The van der Waals surface area contributed by atoms with Gasteiger partial charge >= 0.3 is 0 Å². The maximum Gasteiger partial charge on any atom is 0.252 e.